The first-order chi connectivity index (χ1) is 9.23. The number of sulfonamides is 1. The van der Waals surface area contributed by atoms with Gasteiger partial charge in [0.2, 0.25) is 10.0 Å². The van der Waals surface area contributed by atoms with E-state index in [-0.39, 0.29) is 23.9 Å². The van der Waals surface area contributed by atoms with Crippen LogP contribution in [0, 0.1) is 25.7 Å². The molecule has 1 aliphatic heterocycles. The van der Waals surface area contributed by atoms with Crippen LogP contribution < -0.4 is 0 Å². The van der Waals surface area contributed by atoms with Gasteiger partial charge in [0.05, 0.1) is 10.8 Å². The lowest BCUT2D eigenvalue weighted by atomic mass is 9.99. The van der Waals surface area contributed by atoms with Crippen LogP contribution in [0.2, 0.25) is 0 Å². The van der Waals surface area contributed by atoms with Crippen molar-refractivity contribution in [3.63, 3.8) is 0 Å². The Kier molecular flexibility index (Phi) is 3.88. The Bertz CT molecular complexity index is 639. The first-order valence-corrected chi connectivity index (χ1v) is 7.97. The summed E-state index contributed by atoms with van der Waals surface area (Å²) in [5.41, 5.74) is 1.69. The van der Waals surface area contributed by atoms with Crippen LogP contribution in [0.25, 0.3) is 0 Å². The summed E-state index contributed by atoms with van der Waals surface area (Å²) in [6.07, 6.45) is 0. The molecule has 2 rings (SSSR count). The minimum atomic E-state index is -3.62. The van der Waals surface area contributed by atoms with Crippen LogP contribution in [0.1, 0.15) is 18.1 Å². The van der Waals surface area contributed by atoms with E-state index < -0.39 is 21.9 Å². The summed E-state index contributed by atoms with van der Waals surface area (Å²) in [5, 5.41) is 9.11. The minimum absolute atomic E-state index is 0.0478. The zero-order chi connectivity index (χ0) is 15.1. The average molecular weight is 297 g/mol. The highest BCUT2D eigenvalue weighted by Crippen LogP contribution is 2.30. The Labute approximate surface area is 119 Å². The molecule has 0 aromatic heterocycles. The van der Waals surface area contributed by atoms with Crippen molar-refractivity contribution in [2.75, 3.05) is 13.1 Å². The zero-order valence-electron chi connectivity index (χ0n) is 11.8. The van der Waals surface area contributed by atoms with E-state index >= 15 is 0 Å². The van der Waals surface area contributed by atoms with E-state index in [0.29, 0.717) is 5.56 Å². The molecule has 0 spiro atoms. The van der Waals surface area contributed by atoms with Gasteiger partial charge in [-0.3, -0.25) is 4.79 Å². The van der Waals surface area contributed by atoms with Crippen molar-refractivity contribution in [3.05, 3.63) is 29.3 Å². The first kappa shape index (κ1) is 15.0. The molecule has 0 bridgehead atoms. The fourth-order valence-corrected chi connectivity index (χ4v) is 4.44. The number of hydrogen-bond donors (Lipinski definition) is 1. The van der Waals surface area contributed by atoms with Crippen LogP contribution >= 0.6 is 0 Å². The van der Waals surface area contributed by atoms with Crippen molar-refractivity contribution >= 4 is 16.0 Å². The Morgan fingerprint density at radius 2 is 1.95 bits per heavy atom. The molecule has 6 heteroatoms. The molecule has 1 heterocycles. The van der Waals surface area contributed by atoms with Gasteiger partial charge in [-0.2, -0.15) is 4.31 Å². The number of aryl methyl sites for hydroxylation is 2. The molecular formula is C14H19NO4S. The molecule has 20 heavy (non-hydrogen) atoms. The predicted molar refractivity (Wildman–Crippen MR) is 75.0 cm³/mol. The van der Waals surface area contributed by atoms with Gasteiger partial charge in [0.15, 0.2) is 0 Å². The summed E-state index contributed by atoms with van der Waals surface area (Å²) in [6, 6.07) is 5.17. The van der Waals surface area contributed by atoms with E-state index in [9.17, 15) is 13.2 Å². The zero-order valence-corrected chi connectivity index (χ0v) is 12.6. The molecule has 0 unspecified atom stereocenters. The van der Waals surface area contributed by atoms with Gasteiger partial charge in [0, 0.05) is 13.1 Å². The summed E-state index contributed by atoms with van der Waals surface area (Å²) < 4.78 is 26.5. The van der Waals surface area contributed by atoms with Gasteiger partial charge in [-0.1, -0.05) is 24.6 Å². The maximum absolute atomic E-state index is 12.6. The van der Waals surface area contributed by atoms with Crippen LogP contribution in [0.4, 0.5) is 0 Å². The van der Waals surface area contributed by atoms with Crippen LogP contribution in [0.3, 0.4) is 0 Å². The Balaban J connectivity index is 2.35. The third-order valence-corrected chi connectivity index (χ3v) is 5.84. The van der Waals surface area contributed by atoms with Crippen molar-refractivity contribution in [3.8, 4) is 0 Å². The van der Waals surface area contributed by atoms with Crippen molar-refractivity contribution in [2.24, 2.45) is 11.8 Å². The van der Waals surface area contributed by atoms with Crippen molar-refractivity contribution < 1.29 is 18.3 Å². The van der Waals surface area contributed by atoms with Crippen LogP contribution in [0.15, 0.2) is 23.1 Å². The molecule has 0 radical (unpaired) electrons. The molecule has 5 nitrogen and oxygen atoms in total. The molecule has 1 saturated heterocycles. The quantitative estimate of drug-likeness (QED) is 0.920. The summed E-state index contributed by atoms with van der Waals surface area (Å²) in [4.78, 5) is 11.4. The average Bonchev–Trinajstić information content (AvgIpc) is 2.71. The minimum Gasteiger partial charge on any atom is -0.481 e. The lowest BCUT2D eigenvalue weighted by Gasteiger charge is -2.17. The van der Waals surface area contributed by atoms with Gasteiger partial charge in [0.25, 0.3) is 0 Å². The lowest BCUT2D eigenvalue weighted by Crippen LogP contribution is -2.30. The van der Waals surface area contributed by atoms with E-state index in [1.54, 1.807) is 26.0 Å². The molecule has 0 amide bonds. The number of carboxylic acid groups (broad SMARTS) is 1. The van der Waals surface area contributed by atoms with Crippen molar-refractivity contribution in [1.29, 1.82) is 0 Å². The van der Waals surface area contributed by atoms with Crippen LogP contribution in [-0.2, 0) is 14.8 Å². The second kappa shape index (κ2) is 5.18. The summed E-state index contributed by atoms with van der Waals surface area (Å²) >= 11 is 0. The number of carbonyl (C=O) groups is 1. The molecule has 1 N–H and O–H groups in total. The number of benzene rings is 1. The van der Waals surface area contributed by atoms with Gasteiger partial charge >= 0.3 is 5.97 Å². The number of hydrogen-bond acceptors (Lipinski definition) is 3. The number of carboxylic acids is 1. The lowest BCUT2D eigenvalue weighted by molar-refractivity contribution is -0.142. The number of aliphatic carboxylic acids is 1. The van der Waals surface area contributed by atoms with E-state index in [1.807, 2.05) is 13.0 Å². The Morgan fingerprint density at radius 3 is 2.45 bits per heavy atom. The Hall–Kier alpha value is -1.40. The SMILES string of the molecule is Cc1ccc(S(=O)(=O)N2C[C@@H](C)[C@H](C(=O)O)C2)c(C)c1. The summed E-state index contributed by atoms with van der Waals surface area (Å²) in [7, 11) is -3.62. The van der Waals surface area contributed by atoms with Crippen LogP contribution in [0.5, 0.6) is 0 Å². The molecular weight excluding hydrogens is 278 g/mol. The molecule has 1 aliphatic rings. The van der Waals surface area contributed by atoms with Crippen LogP contribution in [-0.4, -0.2) is 36.9 Å². The van der Waals surface area contributed by atoms with Gasteiger partial charge in [-0.25, -0.2) is 8.42 Å². The number of rotatable bonds is 3. The first-order valence-electron chi connectivity index (χ1n) is 6.53. The topological polar surface area (TPSA) is 74.7 Å². The summed E-state index contributed by atoms with van der Waals surface area (Å²) in [5.74, 6) is -1.74. The van der Waals surface area contributed by atoms with Gasteiger partial charge in [-0.15, -0.1) is 0 Å². The standard InChI is InChI=1S/C14H19NO4S/c1-9-4-5-13(10(2)6-9)20(18,19)15-7-11(3)12(8-15)14(16)17/h4-6,11-12H,7-8H2,1-3H3,(H,16,17)/t11-,12-/m1/s1. The highest BCUT2D eigenvalue weighted by Gasteiger charge is 2.40. The van der Waals surface area contributed by atoms with Crippen molar-refractivity contribution in [1.82, 2.24) is 4.31 Å². The largest absolute Gasteiger partial charge is 0.481 e. The van der Waals surface area contributed by atoms with Gasteiger partial charge < -0.3 is 5.11 Å². The smallest absolute Gasteiger partial charge is 0.308 e. The normalized spacial score (nSPS) is 23.9. The fourth-order valence-electron chi connectivity index (χ4n) is 2.67. The second-order valence-corrected chi connectivity index (χ2v) is 7.42. The third kappa shape index (κ3) is 2.58. The van der Waals surface area contributed by atoms with E-state index in [1.165, 1.54) is 4.31 Å². The summed E-state index contributed by atoms with van der Waals surface area (Å²) in [6.45, 7) is 5.74. The molecule has 2 atom stereocenters. The maximum atomic E-state index is 12.6. The number of nitrogens with zero attached hydrogens (tertiary/aromatic N) is 1. The fraction of sp³-hybridized carbons (Fsp3) is 0.500. The molecule has 1 aromatic rings. The van der Waals surface area contributed by atoms with Gasteiger partial charge in [0.1, 0.15) is 0 Å². The highest BCUT2D eigenvalue weighted by molar-refractivity contribution is 7.89. The Morgan fingerprint density at radius 1 is 1.30 bits per heavy atom. The van der Waals surface area contributed by atoms with Crippen molar-refractivity contribution in [2.45, 2.75) is 25.7 Å². The van der Waals surface area contributed by atoms with E-state index in [4.69, 9.17) is 5.11 Å². The molecule has 110 valence electrons. The second-order valence-electron chi connectivity index (χ2n) is 5.51. The molecule has 0 saturated carbocycles. The monoisotopic (exact) mass is 297 g/mol. The van der Waals surface area contributed by atoms with Gasteiger partial charge in [-0.05, 0) is 31.4 Å². The third-order valence-electron chi connectivity index (χ3n) is 3.84. The predicted octanol–water partition coefficient (Wildman–Crippen LogP) is 1.64. The molecule has 1 fully saturated rings. The maximum Gasteiger partial charge on any atom is 0.308 e. The molecule has 0 aliphatic carbocycles. The molecule has 1 aromatic carbocycles. The van der Waals surface area contributed by atoms with E-state index in [2.05, 4.69) is 0 Å². The van der Waals surface area contributed by atoms with E-state index in [0.717, 1.165) is 5.56 Å². The highest BCUT2D eigenvalue weighted by atomic mass is 32.2.